The molecule has 4 amide bonds. The fourth-order valence-corrected chi connectivity index (χ4v) is 3.80. The zero-order chi connectivity index (χ0) is 23.8. The molecule has 2 aliphatic rings. The van der Waals surface area contributed by atoms with Crippen LogP contribution in [-0.4, -0.2) is 73.8 Å². The number of ether oxygens (including phenoxy) is 2. The van der Waals surface area contributed by atoms with Crippen molar-refractivity contribution in [2.45, 2.75) is 38.3 Å². The summed E-state index contributed by atoms with van der Waals surface area (Å²) in [5, 5.41) is 15.5. The van der Waals surface area contributed by atoms with Gasteiger partial charge < -0.3 is 30.3 Å². The van der Waals surface area contributed by atoms with Crippen molar-refractivity contribution in [3.05, 3.63) is 29.3 Å². The Bertz CT molecular complexity index is 934. The highest BCUT2D eigenvalue weighted by Gasteiger charge is 2.39. The van der Waals surface area contributed by atoms with Crippen LogP contribution < -0.4 is 20.7 Å². The molecular weight excluding hydrogens is 430 g/mol. The van der Waals surface area contributed by atoms with Gasteiger partial charge in [0.05, 0.1) is 12.4 Å². The van der Waals surface area contributed by atoms with E-state index < -0.39 is 6.04 Å². The number of amides is 4. The van der Waals surface area contributed by atoms with E-state index in [2.05, 4.69) is 16.0 Å². The van der Waals surface area contributed by atoms with Gasteiger partial charge >= 0.3 is 0 Å². The first-order valence-electron chi connectivity index (χ1n) is 10.9. The molecule has 0 saturated carbocycles. The van der Waals surface area contributed by atoms with E-state index in [0.717, 1.165) is 6.42 Å². The largest absolute Gasteiger partial charge is 0.483 e. The van der Waals surface area contributed by atoms with Crippen LogP contribution in [0.5, 0.6) is 5.75 Å². The maximum absolute atomic E-state index is 12.8. The minimum atomic E-state index is -0.630. The molecule has 1 atom stereocenters. The number of carbonyl (C=O) groups is 4. The van der Waals surface area contributed by atoms with Gasteiger partial charge in [-0.3, -0.25) is 24.6 Å². The Morgan fingerprint density at radius 1 is 1.15 bits per heavy atom. The Balaban J connectivity index is 1.45. The van der Waals surface area contributed by atoms with Gasteiger partial charge in [-0.25, -0.2) is 0 Å². The van der Waals surface area contributed by atoms with Crippen LogP contribution in [0.1, 0.15) is 41.6 Å². The van der Waals surface area contributed by atoms with E-state index in [1.54, 1.807) is 18.2 Å². The van der Waals surface area contributed by atoms with Gasteiger partial charge in [-0.15, -0.1) is 0 Å². The van der Waals surface area contributed by atoms with Crippen LogP contribution in [0.2, 0.25) is 0 Å². The number of unbranched alkanes of at least 4 members (excludes halogenated alkanes) is 1. The maximum atomic E-state index is 12.8. The first-order chi connectivity index (χ1) is 15.9. The van der Waals surface area contributed by atoms with Gasteiger partial charge in [-0.1, -0.05) is 6.07 Å². The fraction of sp³-hybridized carbons (Fsp3) is 0.500. The first kappa shape index (κ1) is 24.2. The van der Waals surface area contributed by atoms with E-state index in [1.165, 1.54) is 12.0 Å². The molecule has 178 valence electrons. The van der Waals surface area contributed by atoms with Crippen LogP contribution in [0, 0.1) is 5.41 Å². The molecule has 0 radical (unpaired) electrons. The summed E-state index contributed by atoms with van der Waals surface area (Å²) in [5.41, 5.74) is 1.10. The predicted molar refractivity (Wildman–Crippen MR) is 118 cm³/mol. The smallest absolute Gasteiger partial charge is 0.257 e. The molecule has 4 N–H and O–H groups in total. The number of hydrogen-bond acceptors (Lipinski definition) is 7. The summed E-state index contributed by atoms with van der Waals surface area (Å²) in [6.45, 7) is 1.00. The number of hydrogen-bond donors (Lipinski definition) is 4. The summed E-state index contributed by atoms with van der Waals surface area (Å²) >= 11 is 0. The second-order valence-corrected chi connectivity index (χ2v) is 7.87. The first-order valence-corrected chi connectivity index (χ1v) is 10.9. The van der Waals surface area contributed by atoms with E-state index >= 15 is 0 Å². The Hall–Kier alpha value is -3.47. The summed E-state index contributed by atoms with van der Waals surface area (Å²) in [7, 11) is 1.46. The number of carbonyl (C=O) groups excluding carboxylic acids is 4. The van der Waals surface area contributed by atoms with Crippen molar-refractivity contribution in [1.82, 2.24) is 20.9 Å². The van der Waals surface area contributed by atoms with Crippen LogP contribution in [0.25, 0.3) is 0 Å². The van der Waals surface area contributed by atoms with Gasteiger partial charge in [0.1, 0.15) is 18.4 Å². The van der Waals surface area contributed by atoms with Gasteiger partial charge in [0.15, 0.2) is 6.61 Å². The standard InChI is InChI=1S/C22H29N5O6/c1-32-12-19(28)24-9-2-3-10-25-20(29)13-33-17-6-4-5-14-15(17)11-27(22(14)31)16-7-8-18(23)26-21(16)30/h4-6,16H,2-3,7-13H2,1H3,(H,24,28)(H,25,29)(H2,23,26,30). The Morgan fingerprint density at radius 3 is 2.52 bits per heavy atom. The van der Waals surface area contributed by atoms with Crippen molar-refractivity contribution < 1.29 is 28.7 Å². The molecule has 1 saturated heterocycles. The zero-order valence-corrected chi connectivity index (χ0v) is 18.6. The molecule has 3 rings (SSSR count). The van der Waals surface area contributed by atoms with E-state index in [4.69, 9.17) is 14.9 Å². The molecule has 0 aromatic heterocycles. The molecule has 1 fully saturated rings. The molecule has 0 spiro atoms. The van der Waals surface area contributed by atoms with Crippen LogP contribution in [0.15, 0.2) is 18.2 Å². The van der Waals surface area contributed by atoms with Gasteiger partial charge in [-0.05, 0) is 31.4 Å². The second kappa shape index (κ2) is 11.4. The van der Waals surface area contributed by atoms with Crippen LogP contribution in [-0.2, 0) is 25.7 Å². The Labute approximate surface area is 191 Å². The SMILES string of the molecule is COCC(=O)NCCCCNC(=O)COc1cccc2c1CN(C1CCC(=N)NC1=O)C2=O. The summed E-state index contributed by atoms with van der Waals surface area (Å²) in [6.07, 6.45) is 2.22. The number of piperidine rings is 1. The van der Waals surface area contributed by atoms with Gasteiger partial charge in [0, 0.05) is 37.7 Å². The third kappa shape index (κ3) is 6.28. The van der Waals surface area contributed by atoms with E-state index in [1.807, 2.05) is 0 Å². The van der Waals surface area contributed by atoms with Gasteiger partial charge in [0.25, 0.3) is 11.8 Å². The average Bonchev–Trinajstić information content (AvgIpc) is 3.12. The van der Waals surface area contributed by atoms with Crippen molar-refractivity contribution in [1.29, 1.82) is 5.41 Å². The fourth-order valence-electron chi connectivity index (χ4n) is 3.80. The normalized spacial score (nSPS) is 17.4. The number of fused-ring (bicyclic) bond motifs is 1. The van der Waals surface area contributed by atoms with Crippen molar-refractivity contribution >= 4 is 29.5 Å². The third-order valence-electron chi connectivity index (χ3n) is 5.46. The number of nitrogens with one attached hydrogen (secondary N) is 4. The molecule has 11 heteroatoms. The molecular formula is C22H29N5O6. The van der Waals surface area contributed by atoms with Crippen molar-refractivity contribution in [3.63, 3.8) is 0 Å². The minimum Gasteiger partial charge on any atom is -0.483 e. The third-order valence-corrected chi connectivity index (χ3v) is 5.46. The average molecular weight is 460 g/mol. The number of rotatable bonds is 11. The van der Waals surface area contributed by atoms with Crippen LogP contribution in [0.4, 0.5) is 0 Å². The quantitative estimate of drug-likeness (QED) is 0.341. The molecule has 2 heterocycles. The van der Waals surface area contributed by atoms with Crippen molar-refractivity contribution in [2.75, 3.05) is 33.4 Å². The molecule has 0 aliphatic carbocycles. The molecule has 33 heavy (non-hydrogen) atoms. The van der Waals surface area contributed by atoms with E-state index in [-0.39, 0.29) is 49.2 Å². The molecule has 2 aliphatic heterocycles. The predicted octanol–water partition coefficient (Wildman–Crippen LogP) is -0.0639. The molecule has 11 nitrogen and oxygen atoms in total. The second-order valence-electron chi connectivity index (χ2n) is 7.87. The summed E-state index contributed by atoms with van der Waals surface area (Å²) in [5.74, 6) is -0.485. The molecule has 1 aromatic carbocycles. The highest BCUT2D eigenvalue weighted by Crippen LogP contribution is 2.33. The lowest BCUT2D eigenvalue weighted by atomic mass is 10.0. The maximum Gasteiger partial charge on any atom is 0.257 e. The lowest BCUT2D eigenvalue weighted by molar-refractivity contribution is -0.125. The van der Waals surface area contributed by atoms with Crippen molar-refractivity contribution in [2.24, 2.45) is 0 Å². The number of amidine groups is 1. The van der Waals surface area contributed by atoms with Crippen molar-refractivity contribution in [3.8, 4) is 5.75 Å². The highest BCUT2D eigenvalue weighted by molar-refractivity contribution is 6.06. The van der Waals surface area contributed by atoms with E-state index in [9.17, 15) is 19.2 Å². The van der Waals surface area contributed by atoms with Crippen LogP contribution in [0.3, 0.4) is 0 Å². The number of methoxy groups -OCH3 is 1. The van der Waals surface area contributed by atoms with Gasteiger partial charge in [-0.2, -0.15) is 0 Å². The summed E-state index contributed by atoms with van der Waals surface area (Å²) < 4.78 is 10.4. The number of nitrogens with zero attached hydrogens (tertiary/aromatic N) is 1. The summed E-state index contributed by atoms with van der Waals surface area (Å²) in [4.78, 5) is 50.0. The van der Waals surface area contributed by atoms with E-state index in [0.29, 0.717) is 49.2 Å². The topological polar surface area (TPSA) is 150 Å². The minimum absolute atomic E-state index is 0.0270. The lowest BCUT2D eigenvalue weighted by Gasteiger charge is -2.30. The monoisotopic (exact) mass is 459 g/mol. The highest BCUT2D eigenvalue weighted by atomic mass is 16.5. The summed E-state index contributed by atoms with van der Waals surface area (Å²) in [6, 6.07) is 4.43. The molecule has 1 aromatic rings. The molecule has 0 bridgehead atoms. The molecule has 1 unspecified atom stereocenters. The van der Waals surface area contributed by atoms with Gasteiger partial charge in [0.2, 0.25) is 11.8 Å². The lowest BCUT2D eigenvalue weighted by Crippen LogP contribution is -2.52. The number of benzene rings is 1. The van der Waals surface area contributed by atoms with Crippen LogP contribution >= 0.6 is 0 Å². The Morgan fingerprint density at radius 2 is 1.85 bits per heavy atom. The zero-order valence-electron chi connectivity index (χ0n) is 18.6. The Kier molecular flexibility index (Phi) is 8.36.